The summed E-state index contributed by atoms with van der Waals surface area (Å²) >= 11 is 0. The van der Waals surface area contributed by atoms with Crippen LogP contribution in [-0.4, -0.2) is 18.5 Å². The standard InChI is InChI=1S/C18H30N2O/c1-17(4-2-3-15(17)19)16(21)20-11-18-8-12-5-13(9-18)7-14(6-12)10-18/h12-15H,2-11,19H2,1H3,(H,20,21). The van der Waals surface area contributed by atoms with Crippen molar-refractivity contribution in [1.29, 1.82) is 0 Å². The Kier molecular flexibility index (Phi) is 3.15. The molecular weight excluding hydrogens is 260 g/mol. The van der Waals surface area contributed by atoms with E-state index in [-0.39, 0.29) is 17.4 Å². The average molecular weight is 290 g/mol. The van der Waals surface area contributed by atoms with E-state index >= 15 is 0 Å². The van der Waals surface area contributed by atoms with Gasteiger partial charge < -0.3 is 11.1 Å². The van der Waals surface area contributed by atoms with Crippen LogP contribution in [0.25, 0.3) is 0 Å². The van der Waals surface area contributed by atoms with Gasteiger partial charge in [-0.15, -0.1) is 0 Å². The van der Waals surface area contributed by atoms with E-state index in [2.05, 4.69) is 12.2 Å². The van der Waals surface area contributed by atoms with Gasteiger partial charge in [-0.05, 0) is 81.5 Å². The highest BCUT2D eigenvalue weighted by atomic mass is 16.2. The van der Waals surface area contributed by atoms with Gasteiger partial charge in [0.25, 0.3) is 0 Å². The predicted molar refractivity (Wildman–Crippen MR) is 83.5 cm³/mol. The second-order valence-corrected chi connectivity index (χ2v) is 9.02. The van der Waals surface area contributed by atoms with Crippen LogP contribution < -0.4 is 11.1 Å². The number of nitrogens with one attached hydrogen (secondary N) is 1. The summed E-state index contributed by atoms with van der Waals surface area (Å²) in [6.07, 6.45) is 11.6. The van der Waals surface area contributed by atoms with Crippen molar-refractivity contribution in [2.24, 2.45) is 34.3 Å². The molecule has 3 N–H and O–H groups in total. The zero-order valence-electron chi connectivity index (χ0n) is 13.4. The molecule has 21 heavy (non-hydrogen) atoms. The lowest BCUT2D eigenvalue weighted by Gasteiger charge is -2.57. The Bertz CT molecular complexity index is 411. The fourth-order valence-corrected chi connectivity index (χ4v) is 6.45. The molecule has 5 fully saturated rings. The molecule has 0 radical (unpaired) electrons. The second-order valence-electron chi connectivity index (χ2n) is 9.02. The second kappa shape index (κ2) is 4.71. The Balaban J connectivity index is 1.42. The number of carbonyl (C=O) groups excluding carboxylic acids is 1. The molecule has 4 bridgehead atoms. The van der Waals surface area contributed by atoms with Crippen molar-refractivity contribution in [2.45, 2.75) is 70.8 Å². The van der Waals surface area contributed by atoms with E-state index in [0.717, 1.165) is 43.6 Å². The Hall–Kier alpha value is -0.570. The smallest absolute Gasteiger partial charge is 0.227 e. The Morgan fingerprint density at radius 1 is 1.14 bits per heavy atom. The van der Waals surface area contributed by atoms with Crippen molar-refractivity contribution in [3.05, 3.63) is 0 Å². The molecular formula is C18H30N2O. The first-order valence-electron chi connectivity index (χ1n) is 9.03. The first-order valence-corrected chi connectivity index (χ1v) is 9.03. The van der Waals surface area contributed by atoms with Crippen molar-refractivity contribution < 1.29 is 4.79 Å². The van der Waals surface area contributed by atoms with Crippen LogP contribution in [0.2, 0.25) is 0 Å². The molecule has 0 aromatic rings. The molecule has 5 rings (SSSR count). The lowest BCUT2D eigenvalue weighted by atomic mass is 9.49. The van der Waals surface area contributed by atoms with Crippen LogP contribution in [0.15, 0.2) is 0 Å². The van der Waals surface area contributed by atoms with Crippen molar-refractivity contribution in [3.8, 4) is 0 Å². The molecule has 1 amide bonds. The molecule has 2 unspecified atom stereocenters. The van der Waals surface area contributed by atoms with Crippen LogP contribution in [0.4, 0.5) is 0 Å². The van der Waals surface area contributed by atoms with Gasteiger partial charge in [0.15, 0.2) is 0 Å². The molecule has 3 nitrogen and oxygen atoms in total. The van der Waals surface area contributed by atoms with Gasteiger partial charge in [0, 0.05) is 12.6 Å². The summed E-state index contributed by atoms with van der Waals surface area (Å²) in [6.45, 7) is 2.98. The summed E-state index contributed by atoms with van der Waals surface area (Å²) in [5, 5.41) is 3.33. The zero-order valence-corrected chi connectivity index (χ0v) is 13.4. The minimum atomic E-state index is -0.317. The van der Waals surface area contributed by atoms with E-state index < -0.39 is 0 Å². The summed E-state index contributed by atoms with van der Waals surface area (Å²) in [5.74, 6) is 3.09. The topological polar surface area (TPSA) is 55.1 Å². The Morgan fingerprint density at radius 3 is 2.19 bits per heavy atom. The van der Waals surface area contributed by atoms with Crippen molar-refractivity contribution in [2.75, 3.05) is 6.54 Å². The van der Waals surface area contributed by atoms with Crippen LogP contribution >= 0.6 is 0 Å². The van der Waals surface area contributed by atoms with E-state index in [9.17, 15) is 4.79 Å². The van der Waals surface area contributed by atoms with Gasteiger partial charge in [-0.2, -0.15) is 0 Å². The molecule has 0 aromatic heterocycles. The predicted octanol–water partition coefficient (Wildman–Crippen LogP) is 2.84. The lowest BCUT2D eigenvalue weighted by Crippen LogP contribution is -2.54. The number of hydrogen-bond acceptors (Lipinski definition) is 2. The molecule has 2 atom stereocenters. The quantitative estimate of drug-likeness (QED) is 0.840. The number of rotatable bonds is 3. The molecule has 3 heteroatoms. The van der Waals surface area contributed by atoms with Gasteiger partial charge in [-0.25, -0.2) is 0 Å². The van der Waals surface area contributed by atoms with E-state index in [1.54, 1.807) is 0 Å². The third kappa shape index (κ3) is 2.23. The molecule has 5 saturated carbocycles. The first-order chi connectivity index (χ1) is 9.99. The third-order valence-corrected chi connectivity index (χ3v) is 7.34. The van der Waals surface area contributed by atoms with E-state index in [0.29, 0.717) is 5.41 Å². The maximum absolute atomic E-state index is 12.7. The van der Waals surface area contributed by atoms with Crippen molar-refractivity contribution in [1.82, 2.24) is 5.32 Å². The highest BCUT2D eigenvalue weighted by Gasteiger charge is 2.51. The fraction of sp³-hybridized carbons (Fsp3) is 0.944. The summed E-state index contributed by atoms with van der Waals surface area (Å²) in [6, 6.07) is 0.0499. The number of nitrogens with two attached hydrogens (primary N) is 1. The number of amides is 1. The Morgan fingerprint density at radius 2 is 1.71 bits per heavy atom. The van der Waals surface area contributed by atoms with Gasteiger partial charge in [-0.1, -0.05) is 6.42 Å². The van der Waals surface area contributed by atoms with Crippen LogP contribution in [-0.2, 0) is 4.79 Å². The zero-order chi connectivity index (χ0) is 14.7. The lowest BCUT2D eigenvalue weighted by molar-refractivity contribution is -0.132. The summed E-state index contributed by atoms with van der Waals surface area (Å²) in [4.78, 5) is 12.7. The summed E-state index contributed by atoms with van der Waals surface area (Å²) < 4.78 is 0. The van der Waals surface area contributed by atoms with Crippen LogP contribution in [0.5, 0.6) is 0 Å². The highest BCUT2D eigenvalue weighted by molar-refractivity contribution is 5.83. The molecule has 5 aliphatic rings. The van der Waals surface area contributed by atoms with Gasteiger partial charge in [0.2, 0.25) is 5.91 Å². The van der Waals surface area contributed by atoms with Crippen molar-refractivity contribution >= 4 is 5.91 Å². The van der Waals surface area contributed by atoms with E-state index in [4.69, 9.17) is 5.73 Å². The van der Waals surface area contributed by atoms with Crippen molar-refractivity contribution in [3.63, 3.8) is 0 Å². The third-order valence-electron chi connectivity index (χ3n) is 7.34. The molecule has 0 spiro atoms. The van der Waals surface area contributed by atoms with Crippen LogP contribution in [0.1, 0.15) is 64.7 Å². The molecule has 0 heterocycles. The molecule has 118 valence electrons. The van der Waals surface area contributed by atoms with Gasteiger partial charge in [0.1, 0.15) is 0 Å². The molecule has 0 aromatic carbocycles. The van der Waals surface area contributed by atoms with Crippen LogP contribution in [0.3, 0.4) is 0 Å². The minimum absolute atomic E-state index is 0.0499. The van der Waals surface area contributed by atoms with Gasteiger partial charge in [-0.3, -0.25) is 4.79 Å². The summed E-state index contributed by atoms with van der Waals surface area (Å²) in [5.41, 5.74) is 6.31. The average Bonchev–Trinajstić information content (AvgIpc) is 2.76. The minimum Gasteiger partial charge on any atom is -0.355 e. The number of carbonyl (C=O) groups is 1. The summed E-state index contributed by atoms with van der Waals surface area (Å²) in [7, 11) is 0. The number of hydrogen-bond donors (Lipinski definition) is 2. The highest BCUT2D eigenvalue weighted by Crippen LogP contribution is 2.59. The molecule has 0 aliphatic heterocycles. The van der Waals surface area contributed by atoms with E-state index in [1.165, 1.54) is 38.5 Å². The normalized spacial score (nSPS) is 51.3. The maximum Gasteiger partial charge on any atom is 0.227 e. The monoisotopic (exact) mass is 290 g/mol. The SMILES string of the molecule is CC1(C(=O)NCC23CC4CC(CC(C4)C2)C3)CCCC1N. The fourth-order valence-electron chi connectivity index (χ4n) is 6.45. The molecule has 0 saturated heterocycles. The van der Waals surface area contributed by atoms with E-state index in [1.807, 2.05) is 0 Å². The van der Waals surface area contributed by atoms with Gasteiger partial charge >= 0.3 is 0 Å². The van der Waals surface area contributed by atoms with Gasteiger partial charge in [0.05, 0.1) is 5.41 Å². The Labute approximate surface area is 128 Å². The van der Waals surface area contributed by atoms with Crippen LogP contribution in [0, 0.1) is 28.6 Å². The first kappa shape index (κ1) is 14.0. The largest absolute Gasteiger partial charge is 0.355 e. The molecule has 5 aliphatic carbocycles. The maximum atomic E-state index is 12.7.